The summed E-state index contributed by atoms with van der Waals surface area (Å²) in [7, 11) is 1.61. The van der Waals surface area contributed by atoms with E-state index in [4.69, 9.17) is 10.5 Å². The molecule has 2 rings (SSSR count). The van der Waals surface area contributed by atoms with Crippen LogP contribution in [0.15, 0.2) is 46.5 Å². The molecule has 0 radical (unpaired) electrons. The molecule has 0 aromatic heterocycles. The summed E-state index contributed by atoms with van der Waals surface area (Å²) < 4.78 is 5.19. The van der Waals surface area contributed by atoms with E-state index in [1.165, 1.54) is 6.20 Å². The molecule has 1 aliphatic carbocycles. The summed E-state index contributed by atoms with van der Waals surface area (Å²) in [5.41, 5.74) is 7.24. The summed E-state index contributed by atoms with van der Waals surface area (Å²) in [6.45, 7) is 3.64. The van der Waals surface area contributed by atoms with Crippen LogP contribution in [0.1, 0.15) is 25.7 Å². The van der Waals surface area contributed by atoms with E-state index in [1.807, 2.05) is 24.3 Å². The number of benzene rings is 1. The molecule has 0 saturated heterocycles. The van der Waals surface area contributed by atoms with Gasteiger partial charge in [0.15, 0.2) is 0 Å². The number of rotatable bonds is 8. The third-order valence-corrected chi connectivity index (χ3v) is 4.31. The second-order valence-corrected chi connectivity index (χ2v) is 6.14. The zero-order valence-corrected chi connectivity index (χ0v) is 15.1. The molecule has 0 bridgehead atoms. The molecule has 4 N–H and O–H groups in total. The van der Waals surface area contributed by atoms with Gasteiger partial charge in [-0.3, -0.25) is 14.8 Å². The van der Waals surface area contributed by atoms with Gasteiger partial charge in [-0.05, 0) is 37.8 Å². The van der Waals surface area contributed by atoms with Gasteiger partial charge in [0, 0.05) is 30.0 Å². The maximum Gasteiger partial charge on any atom is 0.269 e. The molecule has 0 heterocycles. The van der Waals surface area contributed by atoms with Crippen LogP contribution in [0.3, 0.4) is 0 Å². The molecular weight excluding hydrogens is 330 g/mol. The molecule has 1 fully saturated rings. The van der Waals surface area contributed by atoms with Gasteiger partial charge in [-0.15, -0.1) is 0 Å². The first kappa shape index (κ1) is 19.7. The topological polar surface area (TPSA) is 101 Å². The SMILES string of the molecule is C=N/C=C\C(=N/CNc1cccc(OC)c1)C(=O)NC1CCCCC1N. The number of carbonyl (C=O) groups excluding carboxylic acids is 1. The minimum absolute atomic E-state index is 0.00892. The fourth-order valence-corrected chi connectivity index (χ4v) is 2.85. The van der Waals surface area contributed by atoms with Crippen LogP contribution in [0.4, 0.5) is 5.69 Å². The number of nitrogens with two attached hydrogens (primary N) is 1. The molecule has 2 unspecified atom stereocenters. The zero-order chi connectivity index (χ0) is 18.8. The van der Waals surface area contributed by atoms with Crippen LogP contribution in [-0.2, 0) is 4.79 Å². The van der Waals surface area contributed by atoms with E-state index in [0.29, 0.717) is 0 Å². The molecule has 1 saturated carbocycles. The number of hydrogen-bond acceptors (Lipinski definition) is 6. The molecular formula is C19H27N5O2. The highest BCUT2D eigenvalue weighted by Gasteiger charge is 2.24. The monoisotopic (exact) mass is 357 g/mol. The average Bonchev–Trinajstić information content (AvgIpc) is 2.66. The summed E-state index contributed by atoms with van der Waals surface area (Å²) >= 11 is 0. The van der Waals surface area contributed by atoms with E-state index in [-0.39, 0.29) is 30.4 Å². The Bertz CT molecular complexity index is 672. The number of ether oxygens (including phenoxy) is 1. The maximum atomic E-state index is 12.5. The predicted molar refractivity (Wildman–Crippen MR) is 106 cm³/mol. The highest BCUT2D eigenvalue weighted by atomic mass is 16.5. The van der Waals surface area contributed by atoms with Crippen LogP contribution in [0.5, 0.6) is 5.75 Å². The first-order valence-corrected chi connectivity index (χ1v) is 8.75. The van der Waals surface area contributed by atoms with Crippen molar-refractivity contribution in [3.63, 3.8) is 0 Å². The largest absolute Gasteiger partial charge is 0.497 e. The molecule has 0 aliphatic heterocycles. The van der Waals surface area contributed by atoms with Crippen molar-refractivity contribution in [3.05, 3.63) is 36.5 Å². The van der Waals surface area contributed by atoms with Crippen molar-refractivity contribution in [2.24, 2.45) is 15.7 Å². The molecule has 7 nitrogen and oxygen atoms in total. The lowest BCUT2D eigenvalue weighted by Crippen LogP contribution is -2.50. The molecule has 1 amide bonds. The van der Waals surface area contributed by atoms with Crippen molar-refractivity contribution < 1.29 is 9.53 Å². The number of hydrogen-bond donors (Lipinski definition) is 3. The van der Waals surface area contributed by atoms with Crippen molar-refractivity contribution in [3.8, 4) is 5.75 Å². The van der Waals surface area contributed by atoms with Gasteiger partial charge in [0.1, 0.15) is 18.1 Å². The zero-order valence-electron chi connectivity index (χ0n) is 15.1. The second kappa shape index (κ2) is 10.4. The molecule has 0 spiro atoms. The number of carbonyl (C=O) groups is 1. The van der Waals surface area contributed by atoms with Gasteiger partial charge in [0.05, 0.1) is 7.11 Å². The lowest BCUT2D eigenvalue weighted by Gasteiger charge is -2.29. The van der Waals surface area contributed by atoms with Crippen LogP contribution in [0, 0.1) is 0 Å². The van der Waals surface area contributed by atoms with Gasteiger partial charge < -0.3 is 21.1 Å². The highest BCUT2D eigenvalue weighted by Crippen LogP contribution is 2.17. The minimum atomic E-state index is -0.250. The summed E-state index contributed by atoms with van der Waals surface area (Å²) in [5.74, 6) is 0.499. The normalized spacial score (nSPS) is 20.6. The Morgan fingerprint density at radius 2 is 2.23 bits per heavy atom. The lowest BCUT2D eigenvalue weighted by molar-refractivity contribution is -0.115. The number of nitrogens with one attached hydrogen (secondary N) is 2. The van der Waals surface area contributed by atoms with E-state index in [1.54, 1.807) is 13.2 Å². The number of anilines is 1. The Morgan fingerprint density at radius 3 is 2.96 bits per heavy atom. The number of nitrogens with zero attached hydrogens (tertiary/aromatic N) is 2. The lowest BCUT2D eigenvalue weighted by atomic mass is 9.91. The first-order chi connectivity index (χ1) is 12.6. The smallest absolute Gasteiger partial charge is 0.269 e. The molecule has 7 heteroatoms. The Balaban J connectivity index is 2.00. The van der Waals surface area contributed by atoms with E-state index in [9.17, 15) is 4.79 Å². The van der Waals surface area contributed by atoms with Gasteiger partial charge in [0.25, 0.3) is 5.91 Å². The summed E-state index contributed by atoms with van der Waals surface area (Å²) in [6.07, 6.45) is 7.00. The Kier molecular flexibility index (Phi) is 7.82. The Morgan fingerprint density at radius 1 is 1.42 bits per heavy atom. The van der Waals surface area contributed by atoms with Crippen molar-refractivity contribution in [2.75, 3.05) is 19.1 Å². The second-order valence-electron chi connectivity index (χ2n) is 6.14. The quantitative estimate of drug-likeness (QED) is 0.620. The van der Waals surface area contributed by atoms with Gasteiger partial charge in [-0.25, -0.2) is 0 Å². The van der Waals surface area contributed by atoms with Gasteiger partial charge in [0.2, 0.25) is 0 Å². The Hall–Kier alpha value is -2.67. The van der Waals surface area contributed by atoms with Crippen LogP contribution >= 0.6 is 0 Å². The fourth-order valence-electron chi connectivity index (χ4n) is 2.85. The molecule has 2 atom stereocenters. The molecule has 1 aromatic carbocycles. The molecule has 26 heavy (non-hydrogen) atoms. The van der Waals surface area contributed by atoms with Gasteiger partial charge in [-0.2, -0.15) is 0 Å². The van der Waals surface area contributed by atoms with E-state index in [0.717, 1.165) is 37.1 Å². The van der Waals surface area contributed by atoms with Gasteiger partial charge >= 0.3 is 0 Å². The first-order valence-electron chi connectivity index (χ1n) is 8.75. The molecule has 140 valence electrons. The van der Waals surface area contributed by atoms with Crippen molar-refractivity contribution in [1.29, 1.82) is 0 Å². The summed E-state index contributed by atoms with van der Waals surface area (Å²) in [5, 5.41) is 6.13. The standard InChI is InChI=1S/C19H27N5O2/c1-21-11-10-18(19(25)24-17-9-4-3-8-16(17)20)23-13-22-14-6-5-7-15(12-14)26-2/h5-7,10-12,16-17,22H,1,3-4,8-9,13,20H2,2H3,(H,24,25)/b11-10-,23-18+. The van der Waals surface area contributed by atoms with Crippen LogP contribution in [0.25, 0.3) is 0 Å². The fraction of sp³-hybridized carbons (Fsp3) is 0.421. The number of methoxy groups -OCH3 is 1. The van der Waals surface area contributed by atoms with Crippen LogP contribution in [0.2, 0.25) is 0 Å². The highest BCUT2D eigenvalue weighted by molar-refractivity contribution is 6.43. The minimum Gasteiger partial charge on any atom is -0.497 e. The Labute approximate surface area is 154 Å². The third kappa shape index (κ3) is 6.00. The van der Waals surface area contributed by atoms with Gasteiger partial charge in [-0.1, -0.05) is 18.9 Å². The number of amides is 1. The third-order valence-electron chi connectivity index (χ3n) is 4.31. The number of aliphatic imine (C=N–C) groups is 2. The van der Waals surface area contributed by atoms with E-state index in [2.05, 4.69) is 27.3 Å². The average molecular weight is 357 g/mol. The van der Waals surface area contributed by atoms with Crippen LogP contribution < -0.4 is 21.1 Å². The van der Waals surface area contributed by atoms with Crippen LogP contribution in [-0.4, -0.2) is 44.2 Å². The predicted octanol–water partition coefficient (Wildman–Crippen LogP) is 2.11. The van der Waals surface area contributed by atoms with E-state index >= 15 is 0 Å². The van der Waals surface area contributed by atoms with Crippen molar-refractivity contribution in [2.45, 2.75) is 37.8 Å². The van der Waals surface area contributed by atoms with Crippen molar-refractivity contribution in [1.82, 2.24) is 5.32 Å². The summed E-state index contributed by atoms with van der Waals surface area (Å²) in [6, 6.07) is 7.48. The maximum absolute atomic E-state index is 12.5. The molecule has 1 aliphatic rings. The molecule has 1 aromatic rings. The van der Waals surface area contributed by atoms with E-state index < -0.39 is 0 Å². The van der Waals surface area contributed by atoms with Crippen molar-refractivity contribution >= 4 is 24.0 Å². The summed E-state index contributed by atoms with van der Waals surface area (Å²) in [4.78, 5) is 20.5.